The van der Waals surface area contributed by atoms with Crippen LogP contribution in [0.25, 0.3) is 0 Å². The molecule has 0 spiro atoms. The van der Waals surface area contributed by atoms with Crippen LogP contribution in [0.2, 0.25) is 0 Å². The Morgan fingerprint density at radius 2 is 2.12 bits per heavy atom. The van der Waals surface area contributed by atoms with Crippen molar-refractivity contribution < 1.29 is 33.2 Å². The number of aryl methyl sites for hydroxylation is 1. The van der Waals surface area contributed by atoms with Crippen molar-refractivity contribution in [1.82, 2.24) is 14.6 Å². The number of aromatic nitrogens is 2. The highest BCUT2D eigenvalue weighted by Crippen LogP contribution is 2.48. The highest BCUT2D eigenvalue weighted by atomic mass is 31.2. The Hall–Kier alpha value is -3.32. The molecule has 1 saturated heterocycles. The summed E-state index contributed by atoms with van der Waals surface area (Å²) in [6, 6.07) is 3.77. The minimum Gasteiger partial charge on any atom is -0.480 e. The van der Waals surface area contributed by atoms with Crippen LogP contribution in [0.15, 0.2) is 40.1 Å². The van der Waals surface area contributed by atoms with Gasteiger partial charge < -0.3 is 14.4 Å². The van der Waals surface area contributed by atoms with Gasteiger partial charge in [-0.2, -0.15) is 5.09 Å². The van der Waals surface area contributed by atoms with Gasteiger partial charge in [-0.15, -0.1) is 0 Å². The maximum Gasteiger partial charge on any atom is 0.459 e. The molecule has 34 heavy (non-hydrogen) atoms. The first-order valence-corrected chi connectivity index (χ1v) is 11.7. The van der Waals surface area contributed by atoms with Crippen molar-refractivity contribution >= 4 is 19.4 Å². The molecule has 1 aliphatic heterocycles. The number of para-hydroxylation sites is 2. The number of H-pyrrole nitrogens is 1. The highest BCUT2D eigenvalue weighted by molar-refractivity contribution is 7.52. The minimum absolute atomic E-state index is 0.317. The van der Waals surface area contributed by atoms with Crippen molar-refractivity contribution in [2.45, 2.75) is 45.1 Å². The van der Waals surface area contributed by atoms with Gasteiger partial charge in [0.05, 0.1) is 17.6 Å². The Morgan fingerprint density at radius 1 is 1.41 bits per heavy atom. The van der Waals surface area contributed by atoms with E-state index in [9.17, 15) is 34.2 Å². The van der Waals surface area contributed by atoms with Crippen LogP contribution >= 0.6 is 7.75 Å². The Kier molecular flexibility index (Phi) is 7.67. The molecule has 0 saturated carbocycles. The summed E-state index contributed by atoms with van der Waals surface area (Å²) in [7, 11) is -4.42. The van der Waals surface area contributed by atoms with Crippen molar-refractivity contribution in [3.05, 3.63) is 67.0 Å². The summed E-state index contributed by atoms with van der Waals surface area (Å²) in [5, 5.41) is 22.7. The average Bonchev–Trinajstić information content (AvgIpc) is 3.24. The number of nitrogens with one attached hydrogen (secondary N) is 2. The van der Waals surface area contributed by atoms with Crippen molar-refractivity contribution in [2.24, 2.45) is 0 Å². The van der Waals surface area contributed by atoms with Crippen LogP contribution < -0.4 is 20.9 Å². The second-order valence-corrected chi connectivity index (χ2v) is 9.26. The molecule has 1 fully saturated rings. The summed E-state index contributed by atoms with van der Waals surface area (Å²) < 4.78 is 31.0. The SMILES string of the molecule is Cc1cn([C@H]2CC[C@@H](COP(=O)(NC(C)C(=O)O)Oc3ccccc3[N+](=O)[O-])O2)c(=O)[nH]c1=O. The maximum absolute atomic E-state index is 13.3. The summed E-state index contributed by atoms with van der Waals surface area (Å²) in [6.07, 6.45) is 0.767. The largest absolute Gasteiger partial charge is 0.480 e. The summed E-state index contributed by atoms with van der Waals surface area (Å²) in [4.78, 5) is 47.6. The Morgan fingerprint density at radius 3 is 2.79 bits per heavy atom. The Bertz CT molecular complexity index is 1240. The summed E-state index contributed by atoms with van der Waals surface area (Å²) >= 11 is 0. The van der Waals surface area contributed by atoms with Crippen molar-refractivity contribution in [3.8, 4) is 5.75 Å². The molecule has 2 unspecified atom stereocenters. The summed E-state index contributed by atoms with van der Waals surface area (Å²) in [5.41, 5.74) is -1.33. The molecule has 3 rings (SSSR count). The molecule has 14 nitrogen and oxygen atoms in total. The third-order valence-electron chi connectivity index (χ3n) is 4.97. The zero-order chi connectivity index (χ0) is 25.0. The molecule has 3 N–H and O–H groups in total. The van der Waals surface area contributed by atoms with Crippen molar-refractivity contribution in [3.63, 3.8) is 0 Å². The van der Waals surface area contributed by atoms with Crippen LogP contribution in [0.3, 0.4) is 0 Å². The topological polar surface area (TPSA) is 192 Å². The fourth-order valence-electron chi connectivity index (χ4n) is 3.19. The average molecular weight is 498 g/mol. The van der Waals surface area contributed by atoms with Gasteiger partial charge in [-0.3, -0.25) is 33.8 Å². The number of aromatic amines is 1. The number of benzene rings is 1. The predicted octanol–water partition coefficient (Wildman–Crippen LogP) is 1.70. The second kappa shape index (κ2) is 10.3. The van der Waals surface area contributed by atoms with Gasteiger partial charge in [-0.05, 0) is 32.8 Å². The van der Waals surface area contributed by atoms with Crippen LogP contribution in [0.4, 0.5) is 5.69 Å². The van der Waals surface area contributed by atoms with E-state index in [1.54, 1.807) is 0 Å². The minimum atomic E-state index is -4.42. The number of carboxylic acid groups (broad SMARTS) is 1. The van der Waals surface area contributed by atoms with E-state index in [1.807, 2.05) is 0 Å². The van der Waals surface area contributed by atoms with Crippen LogP contribution in [0, 0.1) is 17.0 Å². The molecule has 2 heterocycles. The van der Waals surface area contributed by atoms with E-state index in [-0.39, 0.29) is 12.4 Å². The molecule has 0 radical (unpaired) electrons. The number of ether oxygens (including phenoxy) is 1. The van der Waals surface area contributed by atoms with Crippen LogP contribution in [0.5, 0.6) is 5.75 Å². The van der Waals surface area contributed by atoms with Gasteiger partial charge >= 0.3 is 25.1 Å². The van der Waals surface area contributed by atoms with E-state index in [0.29, 0.717) is 18.4 Å². The fraction of sp³-hybridized carbons (Fsp3) is 0.421. The standard InChI is InChI=1S/C19H23N4O10P/c1-11-9-22(19(27)20-17(11)24)16-8-7-13(32-16)10-31-34(30,21-12(2)18(25)26)33-15-6-4-3-5-14(15)23(28)29/h3-6,9,12-13,16H,7-8,10H2,1-2H3,(H,21,30)(H,25,26)(H,20,24,27)/t12?,13-,16+,34?/m0/s1. The molecule has 0 bridgehead atoms. The number of carboxylic acids is 1. The first kappa shape index (κ1) is 25.3. The second-order valence-electron chi connectivity index (χ2n) is 7.57. The molecule has 0 aliphatic carbocycles. The molecule has 15 heteroatoms. The quantitative estimate of drug-likeness (QED) is 0.245. The van der Waals surface area contributed by atoms with Gasteiger partial charge in [-0.1, -0.05) is 12.1 Å². The van der Waals surface area contributed by atoms with E-state index >= 15 is 0 Å². The van der Waals surface area contributed by atoms with Gasteiger partial charge in [0.15, 0.2) is 0 Å². The number of rotatable bonds is 10. The van der Waals surface area contributed by atoms with Gasteiger partial charge in [0.1, 0.15) is 12.3 Å². The molecule has 1 aromatic carbocycles. The Balaban J connectivity index is 1.75. The molecular formula is C19H23N4O10P. The van der Waals surface area contributed by atoms with E-state index in [2.05, 4.69) is 10.1 Å². The number of nitro benzene ring substituents is 1. The monoisotopic (exact) mass is 498 g/mol. The zero-order valence-electron chi connectivity index (χ0n) is 18.2. The number of nitrogens with zero attached hydrogens (tertiary/aromatic N) is 2. The van der Waals surface area contributed by atoms with E-state index in [0.717, 1.165) is 6.07 Å². The molecular weight excluding hydrogens is 475 g/mol. The van der Waals surface area contributed by atoms with Gasteiger partial charge in [0.25, 0.3) is 5.56 Å². The van der Waals surface area contributed by atoms with E-state index < -0.39 is 53.9 Å². The lowest BCUT2D eigenvalue weighted by atomic mass is 10.2. The molecule has 2 aromatic rings. The number of aliphatic carboxylic acids is 1. The molecule has 184 valence electrons. The van der Waals surface area contributed by atoms with Crippen LogP contribution in [0.1, 0.15) is 31.6 Å². The molecule has 1 aliphatic rings. The lowest BCUT2D eigenvalue weighted by molar-refractivity contribution is -0.385. The summed E-state index contributed by atoms with van der Waals surface area (Å²) in [5.74, 6) is -1.72. The predicted molar refractivity (Wildman–Crippen MR) is 117 cm³/mol. The number of nitro groups is 1. The summed E-state index contributed by atoms with van der Waals surface area (Å²) in [6.45, 7) is 2.41. The van der Waals surface area contributed by atoms with Gasteiger partial charge in [0.2, 0.25) is 5.75 Å². The van der Waals surface area contributed by atoms with Crippen molar-refractivity contribution in [2.75, 3.05) is 6.61 Å². The van der Waals surface area contributed by atoms with Crippen molar-refractivity contribution in [1.29, 1.82) is 0 Å². The lowest BCUT2D eigenvalue weighted by Gasteiger charge is -2.23. The van der Waals surface area contributed by atoms with Crippen LogP contribution in [-0.4, -0.2) is 44.3 Å². The van der Waals surface area contributed by atoms with E-state index in [4.69, 9.17) is 13.8 Å². The third-order valence-corrected chi connectivity index (χ3v) is 6.60. The maximum atomic E-state index is 13.3. The zero-order valence-corrected chi connectivity index (χ0v) is 19.1. The van der Waals surface area contributed by atoms with Gasteiger partial charge in [-0.25, -0.2) is 9.36 Å². The molecule has 0 amide bonds. The van der Waals surface area contributed by atoms with E-state index in [1.165, 1.54) is 42.8 Å². The lowest BCUT2D eigenvalue weighted by Crippen LogP contribution is -2.34. The number of hydrogen-bond acceptors (Lipinski definition) is 9. The smallest absolute Gasteiger partial charge is 0.459 e. The third kappa shape index (κ3) is 5.97. The number of hydrogen-bond donors (Lipinski definition) is 3. The first-order chi connectivity index (χ1) is 16.0. The normalized spacial score (nSPS) is 20.4. The highest BCUT2D eigenvalue weighted by Gasteiger charge is 2.36. The first-order valence-electron chi connectivity index (χ1n) is 10.1. The number of carbonyl (C=O) groups is 1. The Labute approximate surface area is 192 Å². The fourth-order valence-corrected chi connectivity index (χ4v) is 4.73. The van der Waals surface area contributed by atoms with Crippen LogP contribution in [-0.2, 0) is 18.6 Å². The molecule has 4 atom stereocenters. The van der Waals surface area contributed by atoms with Gasteiger partial charge in [0, 0.05) is 17.8 Å². The molecule has 1 aromatic heterocycles.